The smallest absolute Gasteiger partial charge is 0.408 e. The molecule has 5 nitrogen and oxygen atoms in total. The molecule has 5 heteroatoms. The molecule has 86 valence electrons. The molecule has 15 heavy (non-hydrogen) atoms. The van der Waals surface area contributed by atoms with Gasteiger partial charge in [0.2, 0.25) is 0 Å². The van der Waals surface area contributed by atoms with Crippen molar-refractivity contribution in [3.05, 3.63) is 12.2 Å². The van der Waals surface area contributed by atoms with Gasteiger partial charge in [0, 0.05) is 0 Å². The predicted molar refractivity (Wildman–Crippen MR) is 55.6 cm³/mol. The van der Waals surface area contributed by atoms with Gasteiger partial charge >= 0.3 is 12.1 Å². The molecule has 0 aromatic rings. The molecule has 0 aliphatic rings. The van der Waals surface area contributed by atoms with E-state index < -0.39 is 23.7 Å². The van der Waals surface area contributed by atoms with Crippen LogP contribution >= 0.6 is 0 Å². The van der Waals surface area contributed by atoms with E-state index in [0.29, 0.717) is 0 Å². The maximum Gasteiger partial charge on any atom is 0.408 e. The van der Waals surface area contributed by atoms with Gasteiger partial charge in [-0.05, 0) is 27.7 Å². The van der Waals surface area contributed by atoms with Crippen molar-refractivity contribution in [1.82, 2.24) is 5.32 Å². The van der Waals surface area contributed by atoms with Gasteiger partial charge in [-0.25, -0.2) is 9.59 Å². The van der Waals surface area contributed by atoms with Crippen molar-refractivity contribution >= 4 is 12.1 Å². The molecule has 1 unspecified atom stereocenters. The minimum atomic E-state index is -1.14. The van der Waals surface area contributed by atoms with Crippen LogP contribution in [0.1, 0.15) is 27.7 Å². The van der Waals surface area contributed by atoms with Gasteiger partial charge in [-0.3, -0.25) is 0 Å². The molecule has 0 saturated heterocycles. The molecule has 0 radical (unpaired) electrons. The molecule has 0 rings (SSSR count). The number of carboxylic acid groups (broad SMARTS) is 1. The van der Waals surface area contributed by atoms with Crippen LogP contribution in [0.5, 0.6) is 0 Å². The summed E-state index contributed by atoms with van der Waals surface area (Å²) in [6.07, 6.45) is -0.655. The van der Waals surface area contributed by atoms with Crippen molar-refractivity contribution in [2.24, 2.45) is 0 Å². The first-order valence-corrected chi connectivity index (χ1v) is 4.55. The van der Waals surface area contributed by atoms with Crippen LogP contribution in [-0.2, 0) is 9.53 Å². The number of ether oxygens (including phenoxy) is 1. The second-order valence-electron chi connectivity index (χ2n) is 4.20. The molecular weight excluding hydrogens is 198 g/mol. The number of carboxylic acids is 1. The van der Waals surface area contributed by atoms with Crippen LogP contribution < -0.4 is 5.32 Å². The lowest BCUT2D eigenvalue weighted by atomic mass is 10.1. The second-order valence-corrected chi connectivity index (χ2v) is 4.20. The number of carbonyl (C=O) groups is 2. The highest BCUT2D eigenvalue weighted by Crippen LogP contribution is 2.07. The van der Waals surface area contributed by atoms with Gasteiger partial charge in [0.05, 0.1) is 11.6 Å². The quantitative estimate of drug-likeness (QED) is 0.700. The lowest BCUT2D eigenvalue weighted by Crippen LogP contribution is -2.39. The summed E-state index contributed by atoms with van der Waals surface area (Å²) >= 11 is 0. The summed E-state index contributed by atoms with van der Waals surface area (Å²) < 4.78 is 4.95. The van der Waals surface area contributed by atoms with Gasteiger partial charge in [-0.15, -0.1) is 0 Å². The Bertz CT molecular complexity index is 278. The van der Waals surface area contributed by atoms with Gasteiger partial charge in [0.15, 0.2) is 0 Å². The summed E-state index contributed by atoms with van der Waals surface area (Å²) in [5, 5.41) is 11.0. The van der Waals surface area contributed by atoms with Crippen LogP contribution in [0.2, 0.25) is 0 Å². The van der Waals surface area contributed by atoms with Crippen molar-refractivity contribution in [2.45, 2.75) is 39.3 Å². The van der Waals surface area contributed by atoms with E-state index in [1.165, 1.54) is 6.92 Å². The van der Waals surface area contributed by atoms with Gasteiger partial charge in [0.1, 0.15) is 5.60 Å². The Hall–Kier alpha value is -1.52. The lowest BCUT2D eigenvalue weighted by Gasteiger charge is -2.21. The fraction of sp³-hybridized carbons (Fsp3) is 0.600. The van der Waals surface area contributed by atoms with Gasteiger partial charge in [0.25, 0.3) is 0 Å². The van der Waals surface area contributed by atoms with E-state index in [0.717, 1.165) is 0 Å². The third kappa shape index (κ3) is 5.72. The normalized spacial score (nSPS) is 12.8. The maximum atomic E-state index is 11.2. The lowest BCUT2D eigenvalue weighted by molar-refractivity contribution is -0.132. The molecule has 0 spiro atoms. The van der Waals surface area contributed by atoms with Crippen LogP contribution in [0.15, 0.2) is 12.2 Å². The number of carbonyl (C=O) groups excluding carboxylic acids is 1. The molecule has 0 fully saturated rings. The summed E-state index contributed by atoms with van der Waals surface area (Å²) in [4.78, 5) is 21.7. The molecule has 0 aliphatic heterocycles. The fourth-order valence-corrected chi connectivity index (χ4v) is 0.757. The van der Waals surface area contributed by atoms with E-state index >= 15 is 0 Å². The Morgan fingerprint density at radius 1 is 1.40 bits per heavy atom. The summed E-state index contributed by atoms with van der Waals surface area (Å²) in [6.45, 7) is 10.0. The fourth-order valence-electron chi connectivity index (χ4n) is 0.757. The first kappa shape index (κ1) is 13.5. The Morgan fingerprint density at radius 2 is 1.87 bits per heavy atom. The average molecular weight is 215 g/mol. The number of rotatable bonds is 3. The average Bonchev–Trinajstić information content (AvgIpc) is 1.98. The van der Waals surface area contributed by atoms with Crippen molar-refractivity contribution in [2.75, 3.05) is 0 Å². The third-order valence-electron chi connectivity index (χ3n) is 1.53. The van der Waals surface area contributed by atoms with Crippen molar-refractivity contribution in [1.29, 1.82) is 0 Å². The first-order chi connectivity index (χ1) is 6.63. The van der Waals surface area contributed by atoms with Gasteiger partial charge < -0.3 is 15.2 Å². The highest BCUT2D eigenvalue weighted by Gasteiger charge is 2.20. The molecule has 1 atom stereocenters. The minimum absolute atomic E-state index is 0.0825. The first-order valence-electron chi connectivity index (χ1n) is 4.55. The number of amides is 1. The standard InChI is InChI=1S/C10H17NO4/c1-6(8(12)13)7(2)11-9(14)15-10(3,4)5/h7H,1H2,2-5H3,(H,11,14)(H,12,13). The minimum Gasteiger partial charge on any atom is -0.478 e. The van der Waals surface area contributed by atoms with Crippen molar-refractivity contribution in [3.8, 4) is 0 Å². The monoisotopic (exact) mass is 215 g/mol. The molecule has 1 amide bonds. The highest BCUT2D eigenvalue weighted by atomic mass is 16.6. The van der Waals surface area contributed by atoms with Gasteiger partial charge in [-0.2, -0.15) is 0 Å². The van der Waals surface area contributed by atoms with E-state index in [2.05, 4.69) is 11.9 Å². The molecule has 0 aromatic heterocycles. The Kier molecular flexibility index (Phi) is 4.33. The summed E-state index contributed by atoms with van der Waals surface area (Å²) in [5.74, 6) is -1.14. The highest BCUT2D eigenvalue weighted by molar-refractivity contribution is 5.88. The van der Waals surface area contributed by atoms with Crippen LogP contribution in [0, 0.1) is 0 Å². The molecule has 0 saturated carbocycles. The Balaban J connectivity index is 4.20. The number of hydrogen-bond donors (Lipinski definition) is 2. The van der Waals surface area contributed by atoms with Crippen molar-refractivity contribution in [3.63, 3.8) is 0 Å². The zero-order valence-electron chi connectivity index (χ0n) is 9.46. The summed E-state index contributed by atoms with van der Waals surface area (Å²) in [6, 6.07) is -0.655. The van der Waals surface area contributed by atoms with E-state index in [-0.39, 0.29) is 5.57 Å². The topological polar surface area (TPSA) is 75.6 Å². The Labute approximate surface area is 89.1 Å². The van der Waals surface area contributed by atoms with E-state index in [9.17, 15) is 9.59 Å². The number of hydrogen-bond acceptors (Lipinski definition) is 3. The number of alkyl carbamates (subject to hydrolysis) is 1. The molecule has 0 aromatic carbocycles. The molecular formula is C10H17NO4. The molecule has 0 bridgehead atoms. The third-order valence-corrected chi connectivity index (χ3v) is 1.53. The van der Waals surface area contributed by atoms with Crippen LogP contribution in [0.3, 0.4) is 0 Å². The summed E-state index contributed by atoms with van der Waals surface area (Å²) in [5.41, 5.74) is -0.685. The van der Waals surface area contributed by atoms with E-state index in [1.54, 1.807) is 20.8 Å². The van der Waals surface area contributed by atoms with Crippen molar-refractivity contribution < 1.29 is 19.4 Å². The maximum absolute atomic E-state index is 11.2. The number of aliphatic carboxylic acids is 1. The summed E-state index contributed by atoms with van der Waals surface area (Å²) in [7, 11) is 0. The predicted octanol–water partition coefficient (Wildman–Crippen LogP) is 1.54. The largest absolute Gasteiger partial charge is 0.478 e. The second kappa shape index (κ2) is 4.82. The molecule has 0 heterocycles. The van der Waals surface area contributed by atoms with Gasteiger partial charge in [-0.1, -0.05) is 6.58 Å². The SMILES string of the molecule is C=C(C(=O)O)C(C)NC(=O)OC(C)(C)C. The molecule has 2 N–H and O–H groups in total. The van der Waals surface area contributed by atoms with Crippen LogP contribution in [0.4, 0.5) is 4.79 Å². The van der Waals surface area contributed by atoms with Crippen LogP contribution in [0.25, 0.3) is 0 Å². The Morgan fingerprint density at radius 3 is 2.20 bits per heavy atom. The number of nitrogens with one attached hydrogen (secondary N) is 1. The molecule has 0 aliphatic carbocycles. The zero-order valence-corrected chi connectivity index (χ0v) is 9.46. The van der Waals surface area contributed by atoms with E-state index in [1.807, 2.05) is 0 Å². The zero-order chi connectivity index (χ0) is 12.2. The van der Waals surface area contributed by atoms with E-state index in [4.69, 9.17) is 9.84 Å². The van der Waals surface area contributed by atoms with Crippen LogP contribution in [-0.4, -0.2) is 28.8 Å².